The average molecular weight is 321 g/mol. The number of hydrogen-bond donors (Lipinski definition) is 0. The first-order chi connectivity index (χ1) is 10.6. The number of likely N-dealkylation sites (tertiary alicyclic amines) is 1. The van der Waals surface area contributed by atoms with Gasteiger partial charge in [-0.15, -0.1) is 11.3 Å². The number of fused-ring (bicyclic) bond motifs is 1. The molecule has 5 heteroatoms. The number of ether oxygens (including phenoxy) is 1. The summed E-state index contributed by atoms with van der Waals surface area (Å²) < 4.78 is 4.80. The molecule has 3 rings (SSSR count). The molecule has 2 aliphatic rings. The first kappa shape index (κ1) is 15.5. The Bertz CT molecular complexity index is 572. The molecule has 1 aromatic rings. The summed E-state index contributed by atoms with van der Waals surface area (Å²) in [6.45, 7) is 3.58. The number of piperidine rings is 1. The lowest BCUT2D eigenvalue weighted by Crippen LogP contribution is -2.40. The molecule has 1 aliphatic heterocycles. The molecule has 0 saturated carbocycles. The second kappa shape index (κ2) is 6.41. The van der Waals surface area contributed by atoms with Crippen LogP contribution in [-0.4, -0.2) is 37.0 Å². The van der Waals surface area contributed by atoms with Crippen LogP contribution in [0.5, 0.6) is 0 Å². The number of carbonyl (C=O) groups is 2. The SMILES string of the molecule is COC(=O)C1CCN(C(=O)c2csc3c2CCC(C)C3)CC1. The van der Waals surface area contributed by atoms with Gasteiger partial charge in [-0.05, 0) is 43.6 Å². The second-order valence-corrected chi connectivity index (χ2v) is 7.45. The van der Waals surface area contributed by atoms with E-state index in [9.17, 15) is 9.59 Å². The van der Waals surface area contributed by atoms with E-state index in [0.29, 0.717) is 25.9 Å². The number of methoxy groups -OCH3 is 1. The van der Waals surface area contributed by atoms with Crippen molar-refractivity contribution in [1.82, 2.24) is 4.90 Å². The molecule has 1 amide bonds. The number of amides is 1. The molecule has 1 unspecified atom stereocenters. The van der Waals surface area contributed by atoms with E-state index in [-0.39, 0.29) is 17.8 Å². The van der Waals surface area contributed by atoms with E-state index >= 15 is 0 Å². The van der Waals surface area contributed by atoms with Crippen LogP contribution in [0.15, 0.2) is 5.38 Å². The van der Waals surface area contributed by atoms with Crippen molar-refractivity contribution in [2.24, 2.45) is 11.8 Å². The van der Waals surface area contributed by atoms with Crippen LogP contribution in [0.3, 0.4) is 0 Å². The van der Waals surface area contributed by atoms with Crippen molar-refractivity contribution >= 4 is 23.2 Å². The predicted molar refractivity (Wildman–Crippen MR) is 86.2 cm³/mol. The largest absolute Gasteiger partial charge is 0.469 e. The maximum absolute atomic E-state index is 12.8. The van der Waals surface area contributed by atoms with Gasteiger partial charge in [0.05, 0.1) is 18.6 Å². The van der Waals surface area contributed by atoms with Crippen LogP contribution < -0.4 is 0 Å². The van der Waals surface area contributed by atoms with Gasteiger partial charge in [0.15, 0.2) is 0 Å². The van der Waals surface area contributed by atoms with Crippen molar-refractivity contribution in [2.45, 2.75) is 39.0 Å². The summed E-state index contributed by atoms with van der Waals surface area (Å²) in [6, 6.07) is 0. The van der Waals surface area contributed by atoms with E-state index in [1.54, 1.807) is 11.3 Å². The Morgan fingerprint density at radius 2 is 2.00 bits per heavy atom. The topological polar surface area (TPSA) is 46.6 Å². The first-order valence-corrected chi connectivity index (χ1v) is 8.94. The maximum Gasteiger partial charge on any atom is 0.308 e. The molecule has 1 fully saturated rings. The minimum absolute atomic E-state index is 0.0497. The summed E-state index contributed by atoms with van der Waals surface area (Å²) in [7, 11) is 1.43. The fraction of sp³-hybridized carbons (Fsp3) is 0.647. The fourth-order valence-corrected chi connectivity index (χ4v) is 4.75. The monoisotopic (exact) mass is 321 g/mol. The highest BCUT2D eigenvalue weighted by Gasteiger charge is 2.31. The lowest BCUT2D eigenvalue weighted by atomic mass is 9.88. The number of esters is 1. The Balaban J connectivity index is 1.67. The third kappa shape index (κ3) is 2.91. The molecule has 1 aliphatic carbocycles. The van der Waals surface area contributed by atoms with Gasteiger partial charge in [-0.3, -0.25) is 9.59 Å². The summed E-state index contributed by atoms with van der Waals surface area (Å²) in [5.74, 6) is 0.681. The summed E-state index contributed by atoms with van der Waals surface area (Å²) in [4.78, 5) is 27.6. The van der Waals surface area contributed by atoms with Gasteiger partial charge in [-0.1, -0.05) is 6.92 Å². The van der Waals surface area contributed by atoms with Crippen LogP contribution in [0.4, 0.5) is 0 Å². The average Bonchev–Trinajstić information content (AvgIpc) is 2.96. The second-order valence-electron chi connectivity index (χ2n) is 6.49. The third-order valence-corrected chi connectivity index (χ3v) is 6.00. The minimum Gasteiger partial charge on any atom is -0.469 e. The van der Waals surface area contributed by atoms with Gasteiger partial charge in [0.1, 0.15) is 0 Å². The highest BCUT2D eigenvalue weighted by atomic mass is 32.1. The van der Waals surface area contributed by atoms with E-state index in [2.05, 4.69) is 6.92 Å². The van der Waals surface area contributed by atoms with Crippen LogP contribution in [-0.2, 0) is 22.4 Å². The van der Waals surface area contributed by atoms with Gasteiger partial charge in [-0.2, -0.15) is 0 Å². The lowest BCUT2D eigenvalue weighted by molar-refractivity contribution is -0.146. The van der Waals surface area contributed by atoms with Crippen molar-refractivity contribution < 1.29 is 14.3 Å². The molecule has 0 radical (unpaired) electrons. The molecule has 120 valence electrons. The molecule has 1 saturated heterocycles. The molecule has 0 spiro atoms. The van der Waals surface area contributed by atoms with Gasteiger partial charge in [0, 0.05) is 23.3 Å². The number of thiophene rings is 1. The highest BCUT2D eigenvalue weighted by Crippen LogP contribution is 2.34. The number of nitrogens with zero attached hydrogens (tertiary/aromatic N) is 1. The standard InChI is InChI=1S/C17H23NO3S/c1-11-3-4-13-14(10-22-15(13)9-11)16(19)18-7-5-12(6-8-18)17(20)21-2/h10-12H,3-9H2,1-2H3. The van der Waals surface area contributed by atoms with Crippen LogP contribution in [0.2, 0.25) is 0 Å². The van der Waals surface area contributed by atoms with E-state index in [1.165, 1.54) is 24.0 Å². The molecular formula is C17H23NO3S. The summed E-state index contributed by atoms with van der Waals surface area (Å²) in [6.07, 6.45) is 4.73. The number of hydrogen-bond acceptors (Lipinski definition) is 4. The van der Waals surface area contributed by atoms with Crippen LogP contribution >= 0.6 is 11.3 Å². The molecule has 0 bridgehead atoms. The van der Waals surface area contributed by atoms with Crippen molar-refractivity contribution in [3.05, 3.63) is 21.4 Å². The Kier molecular flexibility index (Phi) is 4.52. The molecule has 0 aromatic carbocycles. The third-order valence-electron chi connectivity index (χ3n) is 4.95. The predicted octanol–water partition coefficient (Wildman–Crippen LogP) is 2.90. The van der Waals surface area contributed by atoms with E-state index < -0.39 is 0 Å². The Hall–Kier alpha value is -1.36. The highest BCUT2D eigenvalue weighted by molar-refractivity contribution is 7.10. The Labute approximate surface area is 135 Å². The van der Waals surface area contributed by atoms with Crippen LogP contribution in [0.1, 0.15) is 47.0 Å². The fourth-order valence-electron chi connectivity index (χ4n) is 3.51. The smallest absolute Gasteiger partial charge is 0.308 e. The first-order valence-electron chi connectivity index (χ1n) is 8.06. The molecule has 1 atom stereocenters. The van der Waals surface area contributed by atoms with Crippen LogP contribution in [0, 0.1) is 11.8 Å². The van der Waals surface area contributed by atoms with Crippen molar-refractivity contribution in [2.75, 3.05) is 20.2 Å². The number of rotatable bonds is 2. The Morgan fingerprint density at radius 1 is 1.27 bits per heavy atom. The van der Waals surface area contributed by atoms with Gasteiger partial charge >= 0.3 is 5.97 Å². The quantitative estimate of drug-likeness (QED) is 0.787. The van der Waals surface area contributed by atoms with Gasteiger partial charge in [-0.25, -0.2) is 0 Å². The van der Waals surface area contributed by atoms with Crippen LogP contribution in [0.25, 0.3) is 0 Å². The van der Waals surface area contributed by atoms with Gasteiger partial charge < -0.3 is 9.64 Å². The van der Waals surface area contributed by atoms with E-state index in [4.69, 9.17) is 4.74 Å². The molecule has 1 aromatic heterocycles. The molecule has 2 heterocycles. The lowest BCUT2D eigenvalue weighted by Gasteiger charge is -2.31. The summed E-state index contributed by atoms with van der Waals surface area (Å²) in [5.41, 5.74) is 2.19. The molecule has 0 N–H and O–H groups in total. The van der Waals surface area contributed by atoms with E-state index in [1.807, 2.05) is 10.3 Å². The van der Waals surface area contributed by atoms with Crippen molar-refractivity contribution in [3.63, 3.8) is 0 Å². The van der Waals surface area contributed by atoms with E-state index in [0.717, 1.165) is 24.3 Å². The summed E-state index contributed by atoms with van der Waals surface area (Å²) >= 11 is 1.74. The van der Waals surface area contributed by atoms with Gasteiger partial charge in [0.25, 0.3) is 5.91 Å². The maximum atomic E-state index is 12.8. The normalized spacial score (nSPS) is 22.3. The zero-order valence-corrected chi connectivity index (χ0v) is 14.1. The molecule has 4 nitrogen and oxygen atoms in total. The summed E-state index contributed by atoms with van der Waals surface area (Å²) in [5, 5.41) is 2.04. The molecule has 22 heavy (non-hydrogen) atoms. The molecular weight excluding hydrogens is 298 g/mol. The van der Waals surface area contributed by atoms with Crippen molar-refractivity contribution in [3.8, 4) is 0 Å². The zero-order valence-electron chi connectivity index (χ0n) is 13.3. The minimum atomic E-state index is -0.144. The van der Waals surface area contributed by atoms with Gasteiger partial charge in [0.2, 0.25) is 0 Å². The number of carbonyl (C=O) groups excluding carboxylic acids is 2. The van der Waals surface area contributed by atoms with Crippen molar-refractivity contribution in [1.29, 1.82) is 0 Å². The Morgan fingerprint density at radius 3 is 2.68 bits per heavy atom. The zero-order chi connectivity index (χ0) is 15.7.